The third-order valence-corrected chi connectivity index (χ3v) is 6.08. The summed E-state index contributed by atoms with van der Waals surface area (Å²) in [5.74, 6) is -0.414. The Labute approximate surface area is 210 Å². The van der Waals surface area contributed by atoms with Crippen molar-refractivity contribution in [2.45, 2.75) is 73.6 Å². The lowest BCUT2D eigenvalue weighted by molar-refractivity contribution is -0.129. The zero-order chi connectivity index (χ0) is 26.0. The maximum absolute atomic E-state index is 12.4. The van der Waals surface area contributed by atoms with E-state index in [1.807, 2.05) is 32.1 Å². The van der Waals surface area contributed by atoms with Crippen LogP contribution in [0.3, 0.4) is 0 Å². The summed E-state index contributed by atoms with van der Waals surface area (Å²) >= 11 is 0. The molecule has 5 nitrogen and oxygen atoms in total. The van der Waals surface area contributed by atoms with Crippen molar-refractivity contribution in [1.29, 1.82) is 0 Å². The lowest BCUT2D eigenvalue weighted by Gasteiger charge is -2.32. The molecule has 0 saturated carbocycles. The number of anilines is 2. The molecule has 1 aromatic carbocycles. The molecule has 0 saturated heterocycles. The van der Waals surface area contributed by atoms with Gasteiger partial charge < -0.3 is 15.8 Å². The van der Waals surface area contributed by atoms with Gasteiger partial charge in [-0.2, -0.15) is 0 Å². The van der Waals surface area contributed by atoms with Gasteiger partial charge in [-0.05, 0) is 81.2 Å². The fourth-order valence-corrected chi connectivity index (χ4v) is 4.18. The van der Waals surface area contributed by atoms with E-state index in [2.05, 4.69) is 45.2 Å². The van der Waals surface area contributed by atoms with Crippen molar-refractivity contribution < 1.29 is 14.3 Å². The zero-order valence-electron chi connectivity index (χ0n) is 22.0. The molecule has 188 valence electrons. The summed E-state index contributed by atoms with van der Waals surface area (Å²) in [6, 6.07) is 4.79. The third-order valence-electron chi connectivity index (χ3n) is 6.08. The Balaban J connectivity index is 2.03. The molecule has 2 rings (SSSR count). The fraction of sp³-hybridized carbons (Fsp3) is 0.400. The minimum absolute atomic E-state index is 0.153. The predicted molar refractivity (Wildman–Crippen MR) is 146 cm³/mol. The van der Waals surface area contributed by atoms with Crippen LogP contribution in [-0.2, 0) is 9.59 Å². The summed E-state index contributed by atoms with van der Waals surface area (Å²) in [7, 11) is 0. The van der Waals surface area contributed by atoms with Gasteiger partial charge in [0.1, 0.15) is 0 Å². The molecule has 0 aliphatic heterocycles. The number of carbonyl (C=O) groups excluding carboxylic acids is 2. The van der Waals surface area contributed by atoms with Gasteiger partial charge in [-0.15, -0.1) is 0 Å². The number of hydrogen-bond donors (Lipinski definition) is 2. The van der Waals surface area contributed by atoms with Gasteiger partial charge in [-0.25, -0.2) is 4.79 Å². The smallest absolute Gasteiger partial charge is 0.336 e. The summed E-state index contributed by atoms with van der Waals surface area (Å²) < 4.78 is 5.46. The number of esters is 1. The molecule has 5 heteroatoms. The summed E-state index contributed by atoms with van der Waals surface area (Å²) in [6.45, 7) is 12.7. The van der Waals surface area contributed by atoms with Crippen LogP contribution in [0.5, 0.6) is 5.75 Å². The maximum Gasteiger partial charge on any atom is 0.336 e. The van der Waals surface area contributed by atoms with Crippen molar-refractivity contribution >= 4 is 23.3 Å². The van der Waals surface area contributed by atoms with Crippen molar-refractivity contribution in [2.24, 2.45) is 5.41 Å². The Kier molecular flexibility index (Phi) is 10.3. The zero-order valence-corrected chi connectivity index (χ0v) is 22.0. The van der Waals surface area contributed by atoms with Gasteiger partial charge in [0, 0.05) is 18.2 Å². The van der Waals surface area contributed by atoms with Crippen LogP contribution in [0.4, 0.5) is 11.4 Å². The van der Waals surface area contributed by atoms with E-state index in [9.17, 15) is 9.59 Å². The Morgan fingerprint density at radius 3 is 2.60 bits per heavy atom. The lowest BCUT2D eigenvalue weighted by atomic mass is 9.72. The maximum atomic E-state index is 12.4. The highest BCUT2D eigenvalue weighted by Crippen LogP contribution is 2.40. The highest BCUT2D eigenvalue weighted by atomic mass is 16.5. The molecule has 0 bridgehead atoms. The Morgan fingerprint density at radius 2 is 1.91 bits per heavy atom. The molecular weight excluding hydrogens is 436 g/mol. The van der Waals surface area contributed by atoms with Crippen molar-refractivity contribution in [1.82, 2.24) is 0 Å². The second kappa shape index (κ2) is 12.9. The molecule has 0 spiro atoms. The molecule has 1 aliphatic rings. The summed E-state index contributed by atoms with van der Waals surface area (Å²) in [5, 5.41) is 2.75. The number of rotatable bonds is 9. The van der Waals surface area contributed by atoms with Crippen molar-refractivity contribution in [2.75, 3.05) is 11.1 Å². The van der Waals surface area contributed by atoms with Gasteiger partial charge in [-0.3, -0.25) is 4.79 Å². The van der Waals surface area contributed by atoms with Crippen LogP contribution in [0.1, 0.15) is 73.6 Å². The van der Waals surface area contributed by atoms with Crippen LogP contribution in [-0.4, -0.2) is 11.9 Å². The van der Waals surface area contributed by atoms with Crippen LogP contribution < -0.4 is 15.8 Å². The minimum atomic E-state index is -0.523. The molecule has 1 amide bonds. The summed E-state index contributed by atoms with van der Waals surface area (Å²) in [5.41, 5.74) is 11.7. The average Bonchev–Trinajstić information content (AvgIpc) is 2.75. The molecule has 0 atom stereocenters. The lowest BCUT2D eigenvalue weighted by Crippen LogP contribution is -2.19. The summed E-state index contributed by atoms with van der Waals surface area (Å²) in [6.07, 6.45) is 16.4. The average molecular weight is 477 g/mol. The first-order valence-corrected chi connectivity index (χ1v) is 12.3. The number of allylic oxidation sites excluding steroid dienone is 9. The molecule has 0 fully saturated rings. The van der Waals surface area contributed by atoms with E-state index in [-0.39, 0.29) is 17.1 Å². The van der Waals surface area contributed by atoms with E-state index >= 15 is 0 Å². The first-order valence-electron chi connectivity index (χ1n) is 12.3. The van der Waals surface area contributed by atoms with E-state index in [1.165, 1.54) is 36.5 Å². The van der Waals surface area contributed by atoms with Gasteiger partial charge >= 0.3 is 5.97 Å². The Bertz CT molecular complexity index is 1080. The second-order valence-corrected chi connectivity index (χ2v) is 9.90. The first-order chi connectivity index (χ1) is 16.5. The predicted octanol–water partition coefficient (Wildman–Crippen LogP) is 7.44. The van der Waals surface area contributed by atoms with Gasteiger partial charge in [-0.1, -0.05) is 62.3 Å². The van der Waals surface area contributed by atoms with E-state index in [0.29, 0.717) is 17.8 Å². The Hall–Kier alpha value is -3.34. The van der Waals surface area contributed by atoms with Crippen LogP contribution in [0.2, 0.25) is 0 Å². The molecule has 1 aromatic rings. The number of ether oxygens (including phenoxy) is 1. The fourth-order valence-electron chi connectivity index (χ4n) is 4.18. The van der Waals surface area contributed by atoms with Crippen LogP contribution in [0.25, 0.3) is 0 Å². The molecule has 35 heavy (non-hydrogen) atoms. The Morgan fingerprint density at radius 1 is 1.17 bits per heavy atom. The standard InChI is InChI=1S/C30H40N2O3/c1-7-10-28(33)32-26-20-24(31)15-17-27(26)35-29(34)19-22(3)12-8-11-21(2)14-16-25-23(4)13-9-18-30(25,5)6/h8,11-12,14-17,19-20H,7,9-10,13,18,31H2,1-6H3,(H,32,33). The number of amides is 1. The first kappa shape index (κ1) is 27.9. The van der Waals surface area contributed by atoms with Gasteiger partial charge in [0.2, 0.25) is 5.91 Å². The molecule has 0 unspecified atom stereocenters. The normalized spacial score (nSPS) is 16.7. The molecule has 0 aromatic heterocycles. The van der Waals surface area contributed by atoms with Crippen molar-refractivity contribution in [3.05, 3.63) is 76.9 Å². The van der Waals surface area contributed by atoms with Crippen molar-refractivity contribution in [3.63, 3.8) is 0 Å². The third kappa shape index (κ3) is 9.08. The number of benzene rings is 1. The van der Waals surface area contributed by atoms with Crippen LogP contribution >= 0.6 is 0 Å². The summed E-state index contributed by atoms with van der Waals surface area (Å²) in [4.78, 5) is 24.4. The molecule has 0 radical (unpaired) electrons. The van der Waals surface area contributed by atoms with E-state index < -0.39 is 5.97 Å². The number of nitrogens with one attached hydrogen (secondary N) is 1. The second-order valence-electron chi connectivity index (χ2n) is 9.90. The van der Waals surface area contributed by atoms with Gasteiger partial charge in [0.15, 0.2) is 5.75 Å². The topological polar surface area (TPSA) is 81.4 Å². The van der Waals surface area contributed by atoms with E-state index in [4.69, 9.17) is 10.5 Å². The quantitative estimate of drug-likeness (QED) is 0.128. The number of nitrogen functional groups attached to an aromatic ring is 1. The number of nitrogens with two attached hydrogens (primary N) is 1. The monoisotopic (exact) mass is 476 g/mol. The molecule has 3 N–H and O–H groups in total. The van der Waals surface area contributed by atoms with Crippen LogP contribution in [0.15, 0.2) is 76.9 Å². The molecule has 0 heterocycles. The highest BCUT2D eigenvalue weighted by molar-refractivity contribution is 5.94. The van der Waals surface area contributed by atoms with Crippen molar-refractivity contribution in [3.8, 4) is 5.75 Å². The highest BCUT2D eigenvalue weighted by Gasteiger charge is 2.26. The van der Waals surface area contributed by atoms with E-state index in [0.717, 1.165) is 17.6 Å². The van der Waals surface area contributed by atoms with Gasteiger partial charge in [0.05, 0.1) is 5.69 Å². The van der Waals surface area contributed by atoms with E-state index in [1.54, 1.807) is 18.2 Å². The minimum Gasteiger partial charge on any atom is -0.421 e. The number of carbonyl (C=O) groups is 2. The number of hydrogen-bond acceptors (Lipinski definition) is 4. The largest absolute Gasteiger partial charge is 0.421 e. The van der Waals surface area contributed by atoms with Crippen LogP contribution in [0, 0.1) is 5.41 Å². The SMILES string of the molecule is CCCC(=O)Nc1cc(N)ccc1OC(=O)C=C(C)C=CC=C(C)C=CC1=C(C)CCCC1(C)C. The molecule has 1 aliphatic carbocycles. The molecular formula is C30H40N2O3. The van der Waals surface area contributed by atoms with Gasteiger partial charge in [0.25, 0.3) is 0 Å².